The Balaban J connectivity index is 1.47. The summed E-state index contributed by atoms with van der Waals surface area (Å²) in [5.74, 6) is 0.533. The van der Waals surface area contributed by atoms with Crippen LogP contribution in [0, 0.1) is 5.92 Å². The van der Waals surface area contributed by atoms with E-state index < -0.39 is 0 Å². The SMILES string of the molecule is C[C@H](NC(=O)N1CC2(CC2)c2ccccc21)C1CCOCC1. The van der Waals surface area contributed by atoms with Gasteiger partial charge in [-0.1, -0.05) is 18.2 Å². The molecule has 22 heavy (non-hydrogen) atoms. The molecule has 4 heteroatoms. The Morgan fingerprint density at radius 1 is 1.32 bits per heavy atom. The van der Waals surface area contributed by atoms with E-state index in [1.54, 1.807) is 0 Å². The highest BCUT2D eigenvalue weighted by atomic mass is 16.5. The summed E-state index contributed by atoms with van der Waals surface area (Å²) in [6, 6.07) is 8.67. The lowest BCUT2D eigenvalue weighted by Gasteiger charge is -2.30. The van der Waals surface area contributed by atoms with E-state index in [1.807, 2.05) is 11.0 Å². The molecule has 4 rings (SSSR count). The van der Waals surface area contributed by atoms with Crippen molar-refractivity contribution < 1.29 is 9.53 Å². The van der Waals surface area contributed by atoms with Crippen molar-refractivity contribution in [2.45, 2.75) is 44.1 Å². The Bertz CT molecular complexity index is 576. The van der Waals surface area contributed by atoms with Crippen molar-refractivity contribution in [1.82, 2.24) is 5.32 Å². The van der Waals surface area contributed by atoms with Gasteiger partial charge in [-0.3, -0.25) is 4.90 Å². The fourth-order valence-corrected chi connectivity index (χ4v) is 4.00. The zero-order valence-electron chi connectivity index (χ0n) is 13.2. The molecule has 2 amide bonds. The van der Waals surface area contributed by atoms with Gasteiger partial charge in [0, 0.05) is 36.9 Å². The van der Waals surface area contributed by atoms with Gasteiger partial charge in [0.25, 0.3) is 0 Å². The largest absolute Gasteiger partial charge is 0.381 e. The van der Waals surface area contributed by atoms with Crippen molar-refractivity contribution in [2.75, 3.05) is 24.7 Å². The zero-order valence-corrected chi connectivity index (χ0v) is 13.2. The van der Waals surface area contributed by atoms with Gasteiger partial charge in [-0.05, 0) is 50.2 Å². The number of hydrogen-bond acceptors (Lipinski definition) is 2. The number of fused-ring (bicyclic) bond motifs is 2. The average molecular weight is 300 g/mol. The first kappa shape index (κ1) is 14.1. The number of urea groups is 1. The summed E-state index contributed by atoms with van der Waals surface area (Å²) in [4.78, 5) is 14.7. The molecule has 1 aromatic carbocycles. The summed E-state index contributed by atoms with van der Waals surface area (Å²) in [5, 5.41) is 3.23. The minimum atomic E-state index is 0.0650. The second-order valence-electron chi connectivity index (χ2n) is 7.07. The topological polar surface area (TPSA) is 41.6 Å². The number of rotatable bonds is 2. The molecule has 0 unspecified atom stereocenters. The van der Waals surface area contributed by atoms with Gasteiger partial charge in [-0.15, -0.1) is 0 Å². The highest BCUT2D eigenvalue weighted by Gasteiger charge is 2.52. The first-order valence-corrected chi connectivity index (χ1v) is 8.45. The molecule has 4 nitrogen and oxygen atoms in total. The number of benzene rings is 1. The van der Waals surface area contributed by atoms with Gasteiger partial charge in [0.1, 0.15) is 0 Å². The Morgan fingerprint density at radius 2 is 2.05 bits per heavy atom. The predicted octanol–water partition coefficient (Wildman–Crippen LogP) is 3.06. The van der Waals surface area contributed by atoms with Gasteiger partial charge >= 0.3 is 6.03 Å². The van der Waals surface area contributed by atoms with E-state index in [2.05, 4.69) is 30.4 Å². The molecule has 1 saturated heterocycles. The van der Waals surface area contributed by atoms with Crippen LogP contribution in [-0.4, -0.2) is 31.8 Å². The van der Waals surface area contributed by atoms with Crippen LogP contribution >= 0.6 is 0 Å². The van der Waals surface area contributed by atoms with Gasteiger partial charge in [0.2, 0.25) is 0 Å². The molecular weight excluding hydrogens is 276 g/mol. The number of nitrogens with zero attached hydrogens (tertiary/aromatic N) is 1. The van der Waals surface area contributed by atoms with E-state index in [0.717, 1.165) is 38.3 Å². The maximum absolute atomic E-state index is 12.8. The molecule has 1 spiro atoms. The van der Waals surface area contributed by atoms with Gasteiger partial charge < -0.3 is 10.1 Å². The first-order valence-electron chi connectivity index (χ1n) is 8.45. The van der Waals surface area contributed by atoms with Gasteiger partial charge in [0.05, 0.1) is 0 Å². The van der Waals surface area contributed by atoms with E-state index in [-0.39, 0.29) is 17.5 Å². The molecular formula is C18H24N2O2. The number of nitrogens with one attached hydrogen (secondary N) is 1. The molecule has 2 fully saturated rings. The van der Waals surface area contributed by atoms with Crippen LogP contribution in [0.3, 0.4) is 0 Å². The number of carbonyl (C=O) groups excluding carboxylic acids is 1. The summed E-state index contributed by atoms with van der Waals surface area (Å²) in [6.07, 6.45) is 4.51. The first-order chi connectivity index (χ1) is 10.7. The second kappa shape index (κ2) is 5.27. The molecule has 3 aliphatic rings. The lowest BCUT2D eigenvalue weighted by Crippen LogP contribution is -2.47. The Morgan fingerprint density at radius 3 is 2.77 bits per heavy atom. The maximum atomic E-state index is 12.8. The number of carbonyl (C=O) groups is 1. The number of anilines is 1. The third-order valence-electron chi connectivity index (χ3n) is 5.65. The number of hydrogen-bond donors (Lipinski definition) is 1. The summed E-state index contributed by atoms with van der Waals surface area (Å²) in [6.45, 7) is 4.61. The molecule has 1 N–H and O–H groups in total. The summed E-state index contributed by atoms with van der Waals surface area (Å²) >= 11 is 0. The maximum Gasteiger partial charge on any atom is 0.322 e. The average Bonchev–Trinajstić information content (AvgIpc) is 3.26. The highest BCUT2D eigenvalue weighted by molar-refractivity contribution is 5.95. The van der Waals surface area contributed by atoms with Crippen LogP contribution in [0.5, 0.6) is 0 Å². The summed E-state index contributed by atoms with van der Waals surface area (Å²) in [7, 11) is 0. The summed E-state index contributed by atoms with van der Waals surface area (Å²) in [5.41, 5.74) is 2.73. The summed E-state index contributed by atoms with van der Waals surface area (Å²) < 4.78 is 5.41. The number of para-hydroxylation sites is 1. The zero-order chi connectivity index (χ0) is 15.2. The van der Waals surface area contributed by atoms with Crippen LogP contribution in [0.4, 0.5) is 10.5 Å². The van der Waals surface area contributed by atoms with Crippen molar-refractivity contribution >= 4 is 11.7 Å². The standard InChI is InChI=1S/C18H24N2O2/c1-13(14-6-10-22-11-7-14)19-17(21)20-12-18(8-9-18)15-4-2-3-5-16(15)20/h2-5,13-14H,6-12H2,1H3,(H,19,21)/t13-/m0/s1. The molecule has 1 aliphatic carbocycles. The number of amides is 2. The van der Waals surface area contributed by atoms with Crippen molar-refractivity contribution in [3.63, 3.8) is 0 Å². The predicted molar refractivity (Wildman–Crippen MR) is 86.2 cm³/mol. The van der Waals surface area contributed by atoms with Crippen LogP contribution in [0.1, 0.15) is 38.2 Å². The van der Waals surface area contributed by atoms with Crippen molar-refractivity contribution in [2.24, 2.45) is 5.92 Å². The van der Waals surface area contributed by atoms with E-state index in [4.69, 9.17) is 4.74 Å². The minimum Gasteiger partial charge on any atom is -0.381 e. The lowest BCUT2D eigenvalue weighted by atomic mass is 9.93. The molecule has 0 radical (unpaired) electrons. The molecule has 2 heterocycles. The van der Waals surface area contributed by atoms with Crippen LogP contribution in [0.2, 0.25) is 0 Å². The van der Waals surface area contributed by atoms with Crippen molar-refractivity contribution in [3.8, 4) is 0 Å². The Hall–Kier alpha value is -1.55. The molecule has 0 aromatic heterocycles. The monoisotopic (exact) mass is 300 g/mol. The molecule has 118 valence electrons. The molecule has 1 aromatic rings. The fraction of sp³-hybridized carbons (Fsp3) is 0.611. The van der Waals surface area contributed by atoms with Gasteiger partial charge in [0.15, 0.2) is 0 Å². The van der Waals surface area contributed by atoms with E-state index >= 15 is 0 Å². The minimum absolute atomic E-state index is 0.0650. The number of ether oxygens (including phenoxy) is 1. The van der Waals surface area contributed by atoms with Crippen LogP contribution in [0.25, 0.3) is 0 Å². The van der Waals surface area contributed by atoms with Crippen LogP contribution < -0.4 is 10.2 Å². The third-order valence-corrected chi connectivity index (χ3v) is 5.65. The van der Waals surface area contributed by atoms with Gasteiger partial charge in [-0.25, -0.2) is 4.79 Å². The van der Waals surface area contributed by atoms with E-state index in [9.17, 15) is 4.79 Å². The second-order valence-corrected chi connectivity index (χ2v) is 7.07. The van der Waals surface area contributed by atoms with Crippen molar-refractivity contribution in [1.29, 1.82) is 0 Å². The van der Waals surface area contributed by atoms with Gasteiger partial charge in [-0.2, -0.15) is 0 Å². The van der Waals surface area contributed by atoms with E-state index in [0.29, 0.717) is 5.92 Å². The third kappa shape index (κ3) is 2.30. The molecule has 0 bridgehead atoms. The smallest absolute Gasteiger partial charge is 0.322 e. The van der Waals surface area contributed by atoms with E-state index in [1.165, 1.54) is 18.4 Å². The Labute approximate surface area is 131 Å². The Kier molecular flexibility index (Phi) is 3.37. The molecule has 1 atom stereocenters. The van der Waals surface area contributed by atoms with Crippen LogP contribution in [0.15, 0.2) is 24.3 Å². The highest BCUT2D eigenvalue weighted by Crippen LogP contribution is 2.56. The fourth-order valence-electron chi connectivity index (χ4n) is 4.00. The van der Waals surface area contributed by atoms with Crippen LogP contribution in [-0.2, 0) is 10.2 Å². The normalized spacial score (nSPS) is 24.1. The quantitative estimate of drug-likeness (QED) is 0.912. The molecule has 1 saturated carbocycles. The van der Waals surface area contributed by atoms with Crippen molar-refractivity contribution in [3.05, 3.63) is 29.8 Å². The molecule has 2 aliphatic heterocycles. The lowest BCUT2D eigenvalue weighted by molar-refractivity contribution is 0.0572.